The summed E-state index contributed by atoms with van der Waals surface area (Å²) in [7, 11) is 1.62. The fourth-order valence-corrected chi connectivity index (χ4v) is 2.60. The number of benzene rings is 1. The Bertz CT molecular complexity index is 823. The standard InChI is InChI=1S/C17H15N3O3S/c1-22-13-6-4-12(5-7-13)11-16-19-20-17(23-16)18-15(21)9-8-14-3-2-10-24-14/h2-10H,11H2,1H3,(H,18,20,21). The van der Waals surface area contributed by atoms with Crippen molar-refractivity contribution in [3.05, 3.63) is 64.2 Å². The number of hydrogen-bond donors (Lipinski definition) is 1. The molecular weight excluding hydrogens is 326 g/mol. The van der Waals surface area contributed by atoms with Crippen molar-refractivity contribution >= 4 is 29.3 Å². The first-order chi connectivity index (χ1) is 11.7. The minimum absolute atomic E-state index is 0.0827. The van der Waals surface area contributed by atoms with Crippen LogP contribution in [-0.4, -0.2) is 23.2 Å². The number of methoxy groups -OCH3 is 1. The molecule has 0 fully saturated rings. The van der Waals surface area contributed by atoms with E-state index in [-0.39, 0.29) is 11.9 Å². The summed E-state index contributed by atoms with van der Waals surface area (Å²) in [6.07, 6.45) is 3.64. The summed E-state index contributed by atoms with van der Waals surface area (Å²) in [5.41, 5.74) is 1.01. The van der Waals surface area contributed by atoms with Gasteiger partial charge in [-0.15, -0.1) is 16.4 Å². The summed E-state index contributed by atoms with van der Waals surface area (Å²) in [6, 6.07) is 11.5. The van der Waals surface area contributed by atoms with Gasteiger partial charge in [-0.05, 0) is 35.2 Å². The van der Waals surface area contributed by atoms with Gasteiger partial charge in [-0.2, -0.15) is 0 Å². The molecular formula is C17H15N3O3S. The first kappa shape index (κ1) is 15.9. The Kier molecular flexibility index (Phi) is 5.02. The van der Waals surface area contributed by atoms with Gasteiger partial charge in [0.05, 0.1) is 13.5 Å². The molecule has 3 aromatic rings. The lowest BCUT2D eigenvalue weighted by Gasteiger charge is -2.00. The average Bonchev–Trinajstić information content (AvgIpc) is 3.26. The maximum Gasteiger partial charge on any atom is 0.322 e. The number of ether oxygens (including phenoxy) is 1. The molecule has 122 valence electrons. The van der Waals surface area contributed by atoms with E-state index in [1.807, 2.05) is 41.8 Å². The minimum Gasteiger partial charge on any atom is -0.497 e. The van der Waals surface area contributed by atoms with E-state index in [1.54, 1.807) is 24.5 Å². The van der Waals surface area contributed by atoms with Crippen molar-refractivity contribution in [1.82, 2.24) is 10.2 Å². The maximum atomic E-state index is 11.8. The molecule has 0 aliphatic heterocycles. The smallest absolute Gasteiger partial charge is 0.322 e. The zero-order chi connectivity index (χ0) is 16.8. The summed E-state index contributed by atoms with van der Waals surface area (Å²) in [5, 5.41) is 12.3. The Morgan fingerprint density at radius 1 is 1.29 bits per heavy atom. The molecule has 1 amide bonds. The highest BCUT2D eigenvalue weighted by Gasteiger charge is 2.09. The zero-order valence-corrected chi connectivity index (χ0v) is 13.7. The van der Waals surface area contributed by atoms with Crippen LogP contribution < -0.4 is 10.1 Å². The van der Waals surface area contributed by atoms with Crippen molar-refractivity contribution in [2.45, 2.75) is 6.42 Å². The maximum absolute atomic E-state index is 11.8. The lowest BCUT2D eigenvalue weighted by atomic mass is 10.1. The molecule has 0 saturated carbocycles. The monoisotopic (exact) mass is 341 g/mol. The predicted molar refractivity (Wildman–Crippen MR) is 92.1 cm³/mol. The van der Waals surface area contributed by atoms with Crippen LogP contribution in [0.15, 0.2) is 52.3 Å². The van der Waals surface area contributed by atoms with Crippen LogP contribution in [0.1, 0.15) is 16.3 Å². The van der Waals surface area contributed by atoms with Gasteiger partial charge in [0.1, 0.15) is 5.75 Å². The third-order valence-electron chi connectivity index (χ3n) is 3.15. The van der Waals surface area contributed by atoms with Gasteiger partial charge in [0.15, 0.2) is 0 Å². The van der Waals surface area contributed by atoms with E-state index in [9.17, 15) is 4.79 Å². The molecule has 0 bridgehead atoms. The quantitative estimate of drug-likeness (QED) is 0.696. The number of hydrogen-bond acceptors (Lipinski definition) is 6. The highest BCUT2D eigenvalue weighted by molar-refractivity contribution is 7.10. The van der Waals surface area contributed by atoms with E-state index < -0.39 is 0 Å². The van der Waals surface area contributed by atoms with E-state index in [1.165, 1.54) is 6.08 Å². The summed E-state index contributed by atoms with van der Waals surface area (Å²) >= 11 is 1.55. The number of thiophene rings is 1. The van der Waals surface area contributed by atoms with Crippen LogP contribution in [0.5, 0.6) is 5.75 Å². The molecule has 2 heterocycles. The van der Waals surface area contributed by atoms with Gasteiger partial charge in [-0.25, -0.2) is 0 Å². The van der Waals surface area contributed by atoms with Gasteiger partial charge in [0.2, 0.25) is 5.89 Å². The summed E-state index contributed by atoms with van der Waals surface area (Å²) in [4.78, 5) is 12.8. The second kappa shape index (κ2) is 7.56. The van der Waals surface area contributed by atoms with Gasteiger partial charge < -0.3 is 9.15 Å². The SMILES string of the molecule is COc1ccc(Cc2nnc(NC(=O)C=Cc3cccs3)o2)cc1. The second-order valence-electron chi connectivity index (χ2n) is 4.86. The van der Waals surface area contributed by atoms with Crippen LogP contribution in [-0.2, 0) is 11.2 Å². The van der Waals surface area contributed by atoms with Crippen LogP contribution >= 0.6 is 11.3 Å². The highest BCUT2D eigenvalue weighted by atomic mass is 32.1. The van der Waals surface area contributed by atoms with Gasteiger partial charge in [-0.3, -0.25) is 10.1 Å². The number of carbonyl (C=O) groups excluding carboxylic acids is 1. The van der Waals surface area contributed by atoms with Crippen LogP contribution in [0.3, 0.4) is 0 Å². The molecule has 7 heteroatoms. The van der Waals surface area contributed by atoms with Crippen molar-refractivity contribution in [2.24, 2.45) is 0 Å². The fraction of sp³-hybridized carbons (Fsp3) is 0.118. The van der Waals surface area contributed by atoms with Crippen molar-refractivity contribution in [3.8, 4) is 5.75 Å². The third kappa shape index (κ3) is 4.30. The largest absolute Gasteiger partial charge is 0.497 e. The molecule has 6 nitrogen and oxygen atoms in total. The van der Waals surface area contributed by atoms with Crippen molar-refractivity contribution in [2.75, 3.05) is 12.4 Å². The van der Waals surface area contributed by atoms with Crippen molar-refractivity contribution in [1.29, 1.82) is 0 Å². The minimum atomic E-state index is -0.317. The number of nitrogens with one attached hydrogen (secondary N) is 1. The first-order valence-electron chi connectivity index (χ1n) is 7.21. The number of carbonyl (C=O) groups is 1. The molecule has 24 heavy (non-hydrogen) atoms. The van der Waals surface area contributed by atoms with Crippen molar-refractivity contribution < 1.29 is 13.9 Å². The van der Waals surface area contributed by atoms with Crippen LogP contribution in [0.2, 0.25) is 0 Å². The molecule has 0 spiro atoms. The highest BCUT2D eigenvalue weighted by Crippen LogP contribution is 2.15. The van der Waals surface area contributed by atoms with Gasteiger partial charge in [-0.1, -0.05) is 23.3 Å². The molecule has 2 aromatic heterocycles. The second-order valence-corrected chi connectivity index (χ2v) is 5.84. The van der Waals surface area contributed by atoms with E-state index in [0.717, 1.165) is 16.2 Å². The average molecular weight is 341 g/mol. The van der Waals surface area contributed by atoms with E-state index in [2.05, 4.69) is 15.5 Å². The van der Waals surface area contributed by atoms with Crippen LogP contribution in [0, 0.1) is 0 Å². The predicted octanol–water partition coefficient (Wildman–Crippen LogP) is 3.38. The molecule has 0 unspecified atom stereocenters. The summed E-state index contributed by atoms with van der Waals surface area (Å²) in [6.45, 7) is 0. The molecule has 0 radical (unpaired) electrons. The van der Waals surface area contributed by atoms with E-state index >= 15 is 0 Å². The molecule has 0 aliphatic carbocycles. The summed E-state index contributed by atoms with van der Waals surface area (Å²) in [5.74, 6) is 0.899. The fourth-order valence-electron chi connectivity index (χ4n) is 1.98. The molecule has 0 aliphatic rings. The Morgan fingerprint density at radius 2 is 2.12 bits per heavy atom. The Labute approximate surface area is 142 Å². The molecule has 0 saturated heterocycles. The molecule has 3 rings (SSSR count). The van der Waals surface area contributed by atoms with Gasteiger partial charge >= 0.3 is 6.01 Å². The zero-order valence-electron chi connectivity index (χ0n) is 12.9. The van der Waals surface area contributed by atoms with Gasteiger partial charge in [0.25, 0.3) is 5.91 Å². The number of aromatic nitrogens is 2. The lowest BCUT2D eigenvalue weighted by molar-refractivity contribution is -0.112. The third-order valence-corrected chi connectivity index (χ3v) is 3.99. The van der Waals surface area contributed by atoms with Crippen LogP contribution in [0.25, 0.3) is 6.08 Å². The molecule has 1 aromatic carbocycles. The molecule has 1 N–H and O–H groups in total. The van der Waals surface area contributed by atoms with E-state index in [0.29, 0.717) is 12.3 Å². The van der Waals surface area contributed by atoms with E-state index in [4.69, 9.17) is 9.15 Å². The topological polar surface area (TPSA) is 77.3 Å². The van der Waals surface area contributed by atoms with Gasteiger partial charge in [0, 0.05) is 11.0 Å². The number of amides is 1. The molecule has 0 atom stereocenters. The number of anilines is 1. The van der Waals surface area contributed by atoms with Crippen molar-refractivity contribution in [3.63, 3.8) is 0 Å². The lowest BCUT2D eigenvalue weighted by Crippen LogP contribution is -2.07. The number of rotatable bonds is 6. The Balaban J connectivity index is 1.57. The normalized spacial score (nSPS) is 10.9. The Morgan fingerprint density at radius 3 is 2.83 bits per heavy atom. The Hall–Kier alpha value is -2.93. The summed E-state index contributed by atoms with van der Waals surface area (Å²) < 4.78 is 10.5. The first-order valence-corrected chi connectivity index (χ1v) is 8.09. The number of nitrogens with zero attached hydrogens (tertiary/aromatic N) is 2. The van der Waals surface area contributed by atoms with Crippen LogP contribution in [0.4, 0.5) is 6.01 Å².